The van der Waals surface area contributed by atoms with Gasteiger partial charge in [0.05, 0.1) is 0 Å². The van der Waals surface area contributed by atoms with Crippen molar-refractivity contribution < 1.29 is 9.59 Å². The first-order valence-electron chi connectivity index (χ1n) is 10.3. The Morgan fingerprint density at radius 3 is 2.26 bits per heavy atom. The second kappa shape index (κ2) is 9.74. The van der Waals surface area contributed by atoms with Crippen LogP contribution < -0.4 is 16.2 Å². The number of hydrazine groups is 1. The minimum Gasteiger partial charge on any atom is -0.368 e. The molecule has 6 heteroatoms. The Labute approximate surface area is 162 Å². The van der Waals surface area contributed by atoms with E-state index in [0.29, 0.717) is 19.3 Å². The fourth-order valence-corrected chi connectivity index (χ4v) is 4.24. The third-order valence-corrected chi connectivity index (χ3v) is 5.92. The highest BCUT2D eigenvalue weighted by atomic mass is 16.2. The van der Waals surface area contributed by atoms with Gasteiger partial charge in [-0.15, -0.1) is 0 Å². The molecule has 1 aliphatic heterocycles. The first kappa shape index (κ1) is 19.7. The van der Waals surface area contributed by atoms with Crippen LogP contribution in [0.5, 0.6) is 0 Å². The zero-order chi connectivity index (χ0) is 19.1. The molecule has 1 saturated carbocycles. The van der Waals surface area contributed by atoms with Gasteiger partial charge in [-0.05, 0) is 42.9 Å². The molecule has 2 amide bonds. The van der Waals surface area contributed by atoms with Gasteiger partial charge in [-0.2, -0.15) is 0 Å². The largest absolute Gasteiger partial charge is 0.368 e. The molecular weight excluding hydrogens is 340 g/mol. The molecule has 6 nitrogen and oxygen atoms in total. The Morgan fingerprint density at radius 2 is 1.63 bits per heavy atom. The van der Waals surface area contributed by atoms with E-state index in [1.165, 1.54) is 43.4 Å². The number of hydrogen-bond donors (Lipinski definition) is 2. The van der Waals surface area contributed by atoms with E-state index in [-0.39, 0.29) is 11.8 Å². The van der Waals surface area contributed by atoms with Crippen LogP contribution in [0.4, 0.5) is 5.69 Å². The zero-order valence-electron chi connectivity index (χ0n) is 16.2. The zero-order valence-corrected chi connectivity index (χ0v) is 16.2. The van der Waals surface area contributed by atoms with E-state index >= 15 is 0 Å². The Morgan fingerprint density at radius 1 is 0.963 bits per heavy atom. The van der Waals surface area contributed by atoms with Crippen LogP contribution in [0.2, 0.25) is 0 Å². The van der Waals surface area contributed by atoms with Gasteiger partial charge in [0.2, 0.25) is 11.8 Å². The second-order valence-electron chi connectivity index (χ2n) is 7.72. The number of carbonyl (C=O) groups is 2. The molecule has 1 aliphatic carbocycles. The molecule has 1 saturated heterocycles. The summed E-state index contributed by atoms with van der Waals surface area (Å²) < 4.78 is 0. The number of nitrogens with two attached hydrogens (primary N) is 1. The third kappa shape index (κ3) is 5.45. The molecule has 0 bridgehead atoms. The summed E-state index contributed by atoms with van der Waals surface area (Å²) in [6.45, 7) is 3.20. The van der Waals surface area contributed by atoms with Crippen molar-refractivity contribution in [2.75, 3.05) is 31.1 Å². The summed E-state index contributed by atoms with van der Waals surface area (Å²) in [6.07, 6.45) is 8.01. The predicted octanol–water partition coefficient (Wildman–Crippen LogP) is 2.54. The normalized spacial score (nSPS) is 18.4. The lowest BCUT2D eigenvalue weighted by Crippen LogP contribution is -2.48. The van der Waals surface area contributed by atoms with Crippen molar-refractivity contribution >= 4 is 17.5 Å². The fourth-order valence-electron chi connectivity index (χ4n) is 4.24. The van der Waals surface area contributed by atoms with Gasteiger partial charge in [-0.3, -0.25) is 15.0 Å². The van der Waals surface area contributed by atoms with Crippen molar-refractivity contribution in [3.8, 4) is 0 Å². The van der Waals surface area contributed by atoms with E-state index in [1.807, 2.05) is 4.90 Å². The molecule has 3 rings (SSSR count). The van der Waals surface area contributed by atoms with Crippen LogP contribution in [-0.2, 0) is 9.59 Å². The lowest BCUT2D eigenvalue weighted by atomic mass is 9.84. The number of nitrogens with one attached hydrogen (secondary N) is 1. The summed E-state index contributed by atoms with van der Waals surface area (Å²) >= 11 is 0. The van der Waals surface area contributed by atoms with E-state index in [0.717, 1.165) is 32.1 Å². The molecule has 0 aromatic heterocycles. The maximum Gasteiger partial charge on any atom is 0.233 e. The van der Waals surface area contributed by atoms with E-state index in [9.17, 15) is 9.59 Å². The maximum absolute atomic E-state index is 12.3. The Hall–Kier alpha value is -2.08. The Bertz CT molecular complexity index is 618. The SMILES string of the molecule is NNC(=O)CCCC(=O)N1CCN(c2ccc(C3CCCCC3)cc2)CC1. The molecule has 27 heavy (non-hydrogen) atoms. The topological polar surface area (TPSA) is 78.7 Å². The van der Waals surface area contributed by atoms with Crippen molar-refractivity contribution in [1.82, 2.24) is 10.3 Å². The van der Waals surface area contributed by atoms with Crippen LogP contribution in [-0.4, -0.2) is 42.9 Å². The molecule has 2 aliphatic rings. The van der Waals surface area contributed by atoms with Gasteiger partial charge in [0.1, 0.15) is 0 Å². The number of rotatable bonds is 6. The third-order valence-electron chi connectivity index (χ3n) is 5.92. The molecule has 1 aromatic carbocycles. The van der Waals surface area contributed by atoms with Gasteiger partial charge >= 0.3 is 0 Å². The molecule has 2 fully saturated rings. The minimum atomic E-state index is -0.218. The second-order valence-corrected chi connectivity index (χ2v) is 7.72. The number of hydrogen-bond acceptors (Lipinski definition) is 4. The molecule has 0 atom stereocenters. The minimum absolute atomic E-state index is 0.132. The number of anilines is 1. The monoisotopic (exact) mass is 372 g/mol. The fraction of sp³-hybridized carbons (Fsp3) is 0.619. The summed E-state index contributed by atoms with van der Waals surface area (Å²) in [5.41, 5.74) is 4.83. The van der Waals surface area contributed by atoms with Crippen molar-refractivity contribution in [2.45, 2.75) is 57.3 Å². The first-order chi connectivity index (χ1) is 13.2. The molecule has 148 valence electrons. The number of piperazine rings is 1. The van der Waals surface area contributed by atoms with Crippen LogP contribution in [0.3, 0.4) is 0 Å². The van der Waals surface area contributed by atoms with Crippen LogP contribution >= 0.6 is 0 Å². The Kier molecular flexibility index (Phi) is 7.10. The van der Waals surface area contributed by atoms with Gasteiger partial charge < -0.3 is 9.80 Å². The summed E-state index contributed by atoms with van der Waals surface area (Å²) in [5, 5.41) is 0. The summed E-state index contributed by atoms with van der Waals surface area (Å²) in [5.74, 6) is 5.71. The van der Waals surface area contributed by atoms with Gasteiger partial charge in [-0.1, -0.05) is 31.4 Å². The Balaban J connectivity index is 1.44. The molecule has 1 heterocycles. The van der Waals surface area contributed by atoms with Crippen LogP contribution in [0, 0.1) is 0 Å². The van der Waals surface area contributed by atoms with E-state index in [4.69, 9.17) is 5.84 Å². The molecule has 0 unspecified atom stereocenters. The van der Waals surface area contributed by atoms with E-state index < -0.39 is 0 Å². The van der Waals surface area contributed by atoms with Gasteiger partial charge in [0, 0.05) is 44.7 Å². The van der Waals surface area contributed by atoms with Crippen molar-refractivity contribution in [3.63, 3.8) is 0 Å². The predicted molar refractivity (Wildman–Crippen MR) is 107 cm³/mol. The number of carbonyl (C=O) groups excluding carboxylic acids is 2. The van der Waals surface area contributed by atoms with E-state index in [1.54, 1.807) is 0 Å². The average molecular weight is 373 g/mol. The molecule has 3 N–H and O–H groups in total. The molecular formula is C21H32N4O2. The molecule has 1 aromatic rings. The van der Waals surface area contributed by atoms with Crippen molar-refractivity contribution in [3.05, 3.63) is 29.8 Å². The lowest BCUT2D eigenvalue weighted by Gasteiger charge is -2.36. The van der Waals surface area contributed by atoms with Crippen LogP contribution in [0.15, 0.2) is 24.3 Å². The lowest BCUT2D eigenvalue weighted by molar-refractivity contribution is -0.131. The molecule has 0 radical (unpaired) electrons. The summed E-state index contributed by atoms with van der Waals surface area (Å²) in [4.78, 5) is 27.7. The summed E-state index contributed by atoms with van der Waals surface area (Å²) in [6, 6.07) is 9.08. The highest BCUT2D eigenvalue weighted by Crippen LogP contribution is 2.33. The van der Waals surface area contributed by atoms with Gasteiger partial charge in [0.25, 0.3) is 0 Å². The molecule has 0 spiro atoms. The van der Waals surface area contributed by atoms with E-state index in [2.05, 4.69) is 34.6 Å². The smallest absolute Gasteiger partial charge is 0.233 e. The van der Waals surface area contributed by atoms with Gasteiger partial charge in [0.15, 0.2) is 0 Å². The van der Waals surface area contributed by atoms with Crippen LogP contribution in [0.1, 0.15) is 62.8 Å². The van der Waals surface area contributed by atoms with Crippen molar-refractivity contribution in [1.29, 1.82) is 0 Å². The van der Waals surface area contributed by atoms with Crippen LogP contribution in [0.25, 0.3) is 0 Å². The number of nitrogens with zero attached hydrogens (tertiary/aromatic N) is 2. The highest BCUT2D eigenvalue weighted by molar-refractivity contribution is 5.78. The van der Waals surface area contributed by atoms with Gasteiger partial charge in [-0.25, -0.2) is 5.84 Å². The number of amides is 2. The highest BCUT2D eigenvalue weighted by Gasteiger charge is 2.22. The maximum atomic E-state index is 12.3. The first-order valence-corrected chi connectivity index (χ1v) is 10.3. The average Bonchev–Trinajstić information content (AvgIpc) is 2.74. The standard InChI is InChI=1S/C21H32N4O2/c22-23-20(26)7-4-8-21(27)25-15-13-24(14-16-25)19-11-9-18(10-12-19)17-5-2-1-3-6-17/h9-12,17H,1-8,13-16,22H2,(H,23,26). The number of benzene rings is 1. The summed E-state index contributed by atoms with van der Waals surface area (Å²) in [7, 11) is 0. The van der Waals surface area contributed by atoms with Crippen molar-refractivity contribution in [2.24, 2.45) is 5.84 Å². The quantitative estimate of drug-likeness (QED) is 0.457.